The summed E-state index contributed by atoms with van der Waals surface area (Å²) >= 11 is 5.72. The van der Waals surface area contributed by atoms with Crippen LogP contribution >= 0.6 is 11.6 Å². The standard InChI is InChI=1S/C8H6ClN3/c9-7-3-1-6(2-4-7)8-10-5-11-12-8/h1-4H,5H2. The van der Waals surface area contributed by atoms with Gasteiger partial charge in [0.15, 0.2) is 12.5 Å². The van der Waals surface area contributed by atoms with Gasteiger partial charge in [-0.2, -0.15) is 5.11 Å². The lowest BCUT2D eigenvalue weighted by molar-refractivity contribution is 1.05. The molecule has 0 fully saturated rings. The van der Waals surface area contributed by atoms with Gasteiger partial charge in [-0.3, -0.25) is 0 Å². The lowest BCUT2D eigenvalue weighted by atomic mass is 10.2. The average Bonchev–Trinajstić information content (AvgIpc) is 2.58. The van der Waals surface area contributed by atoms with E-state index in [0.717, 1.165) is 5.56 Å². The highest BCUT2D eigenvalue weighted by Crippen LogP contribution is 2.12. The van der Waals surface area contributed by atoms with Gasteiger partial charge in [0, 0.05) is 10.6 Å². The number of amidine groups is 1. The predicted octanol–water partition coefficient (Wildman–Crippen LogP) is 2.51. The molecule has 0 saturated heterocycles. The van der Waals surface area contributed by atoms with Gasteiger partial charge in [-0.15, -0.1) is 5.11 Å². The summed E-state index contributed by atoms with van der Waals surface area (Å²) in [7, 11) is 0. The molecule has 0 amide bonds. The van der Waals surface area contributed by atoms with Crippen LogP contribution in [0.1, 0.15) is 5.56 Å². The van der Waals surface area contributed by atoms with Crippen molar-refractivity contribution in [1.82, 2.24) is 0 Å². The highest BCUT2D eigenvalue weighted by molar-refractivity contribution is 6.30. The van der Waals surface area contributed by atoms with E-state index in [2.05, 4.69) is 15.2 Å². The summed E-state index contributed by atoms with van der Waals surface area (Å²) in [4.78, 5) is 4.08. The molecule has 0 unspecified atom stereocenters. The lowest BCUT2D eigenvalue weighted by Gasteiger charge is -1.94. The minimum atomic E-state index is 0.442. The molecule has 0 aliphatic carbocycles. The smallest absolute Gasteiger partial charge is 0.178 e. The maximum Gasteiger partial charge on any atom is 0.178 e. The third-order valence-corrected chi connectivity index (χ3v) is 1.80. The van der Waals surface area contributed by atoms with E-state index in [1.54, 1.807) is 0 Å². The van der Waals surface area contributed by atoms with Crippen LogP contribution in [0.15, 0.2) is 39.5 Å². The van der Waals surface area contributed by atoms with Gasteiger partial charge in [-0.05, 0) is 24.3 Å². The second kappa shape index (κ2) is 3.03. The molecule has 1 aliphatic rings. The Morgan fingerprint density at radius 2 is 1.92 bits per heavy atom. The third kappa shape index (κ3) is 1.36. The Kier molecular flexibility index (Phi) is 1.87. The van der Waals surface area contributed by atoms with Crippen molar-refractivity contribution in [3.05, 3.63) is 34.9 Å². The van der Waals surface area contributed by atoms with Crippen molar-refractivity contribution in [2.75, 3.05) is 6.67 Å². The maximum absolute atomic E-state index is 5.72. The second-order valence-electron chi connectivity index (χ2n) is 2.37. The van der Waals surface area contributed by atoms with Crippen LogP contribution < -0.4 is 0 Å². The molecule has 0 N–H and O–H groups in total. The van der Waals surface area contributed by atoms with Crippen LogP contribution in [-0.4, -0.2) is 12.5 Å². The number of aliphatic imine (C=N–C) groups is 1. The summed E-state index contributed by atoms with van der Waals surface area (Å²) in [6.45, 7) is 0.442. The summed E-state index contributed by atoms with van der Waals surface area (Å²) in [5.41, 5.74) is 0.959. The minimum absolute atomic E-state index is 0.442. The van der Waals surface area contributed by atoms with Crippen LogP contribution in [0, 0.1) is 0 Å². The summed E-state index contributed by atoms with van der Waals surface area (Å²) in [5.74, 6) is 0.687. The van der Waals surface area contributed by atoms with Gasteiger partial charge in [0.05, 0.1) is 0 Å². The molecule has 1 aromatic rings. The summed E-state index contributed by atoms with van der Waals surface area (Å²) in [6, 6.07) is 7.39. The quantitative estimate of drug-likeness (QED) is 0.636. The average molecular weight is 180 g/mol. The van der Waals surface area contributed by atoms with E-state index in [9.17, 15) is 0 Å². The van der Waals surface area contributed by atoms with Crippen molar-refractivity contribution < 1.29 is 0 Å². The molecule has 1 heterocycles. The van der Waals surface area contributed by atoms with Gasteiger partial charge < -0.3 is 0 Å². The van der Waals surface area contributed by atoms with Crippen molar-refractivity contribution in [2.24, 2.45) is 15.2 Å². The summed E-state index contributed by atoms with van der Waals surface area (Å²) < 4.78 is 0. The van der Waals surface area contributed by atoms with E-state index < -0.39 is 0 Å². The molecule has 12 heavy (non-hydrogen) atoms. The van der Waals surface area contributed by atoms with Crippen molar-refractivity contribution in [2.45, 2.75) is 0 Å². The SMILES string of the molecule is Clc1ccc(C2=NCN=N2)cc1. The molecule has 2 rings (SSSR count). The molecule has 0 aromatic heterocycles. The molecule has 0 spiro atoms. The molecule has 60 valence electrons. The number of hydrogen-bond acceptors (Lipinski definition) is 3. The second-order valence-corrected chi connectivity index (χ2v) is 2.81. The first kappa shape index (κ1) is 7.43. The fourth-order valence-corrected chi connectivity index (χ4v) is 1.10. The summed E-state index contributed by atoms with van der Waals surface area (Å²) in [5, 5.41) is 8.34. The van der Waals surface area contributed by atoms with Crippen LogP contribution in [0.3, 0.4) is 0 Å². The maximum atomic E-state index is 5.72. The first-order chi connectivity index (χ1) is 5.86. The van der Waals surface area contributed by atoms with Crippen molar-refractivity contribution in [3.63, 3.8) is 0 Å². The van der Waals surface area contributed by atoms with Crippen LogP contribution in [0.5, 0.6) is 0 Å². The minimum Gasteiger partial charge on any atom is -0.239 e. The molecule has 0 bridgehead atoms. The van der Waals surface area contributed by atoms with Gasteiger partial charge in [-0.25, -0.2) is 4.99 Å². The van der Waals surface area contributed by atoms with Gasteiger partial charge in [0.1, 0.15) is 0 Å². The van der Waals surface area contributed by atoms with Crippen LogP contribution in [0.25, 0.3) is 0 Å². The van der Waals surface area contributed by atoms with Gasteiger partial charge in [-0.1, -0.05) is 11.6 Å². The van der Waals surface area contributed by atoms with Crippen molar-refractivity contribution in [1.29, 1.82) is 0 Å². The Hall–Kier alpha value is -1.22. The first-order valence-corrected chi connectivity index (χ1v) is 3.92. The zero-order valence-corrected chi connectivity index (χ0v) is 6.99. The highest BCUT2D eigenvalue weighted by atomic mass is 35.5. The monoisotopic (exact) mass is 179 g/mol. The molecule has 3 nitrogen and oxygen atoms in total. The van der Waals surface area contributed by atoms with Crippen LogP contribution in [-0.2, 0) is 0 Å². The van der Waals surface area contributed by atoms with E-state index in [0.29, 0.717) is 17.5 Å². The molecular formula is C8H6ClN3. The molecule has 0 radical (unpaired) electrons. The normalized spacial score (nSPS) is 14.9. The number of azo groups is 1. The zero-order valence-electron chi connectivity index (χ0n) is 6.24. The fourth-order valence-electron chi connectivity index (χ4n) is 0.977. The topological polar surface area (TPSA) is 37.1 Å². The Morgan fingerprint density at radius 1 is 1.17 bits per heavy atom. The molecule has 4 heteroatoms. The number of hydrogen-bond donors (Lipinski definition) is 0. The highest BCUT2D eigenvalue weighted by Gasteiger charge is 2.04. The zero-order chi connectivity index (χ0) is 8.39. The molecule has 1 aromatic carbocycles. The largest absolute Gasteiger partial charge is 0.239 e. The molecule has 0 saturated carbocycles. The summed E-state index contributed by atoms with van der Waals surface area (Å²) in [6.07, 6.45) is 0. The van der Waals surface area contributed by atoms with Crippen molar-refractivity contribution >= 4 is 17.4 Å². The number of halogens is 1. The van der Waals surface area contributed by atoms with Gasteiger partial charge >= 0.3 is 0 Å². The number of rotatable bonds is 1. The van der Waals surface area contributed by atoms with Gasteiger partial charge in [0.25, 0.3) is 0 Å². The lowest BCUT2D eigenvalue weighted by Crippen LogP contribution is -1.92. The fraction of sp³-hybridized carbons (Fsp3) is 0.125. The van der Waals surface area contributed by atoms with E-state index in [4.69, 9.17) is 11.6 Å². The number of benzene rings is 1. The predicted molar refractivity (Wildman–Crippen MR) is 47.7 cm³/mol. The number of nitrogens with zero attached hydrogens (tertiary/aromatic N) is 3. The molecule has 0 atom stereocenters. The van der Waals surface area contributed by atoms with E-state index in [-0.39, 0.29) is 0 Å². The Labute approximate surface area is 74.8 Å². The Balaban J connectivity index is 2.35. The van der Waals surface area contributed by atoms with Crippen LogP contribution in [0.2, 0.25) is 5.02 Å². The van der Waals surface area contributed by atoms with Gasteiger partial charge in [0.2, 0.25) is 0 Å². The van der Waals surface area contributed by atoms with E-state index in [1.165, 1.54) is 0 Å². The molecular weight excluding hydrogens is 174 g/mol. The van der Waals surface area contributed by atoms with E-state index in [1.807, 2.05) is 24.3 Å². The van der Waals surface area contributed by atoms with Crippen molar-refractivity contribution in [3.8, 4) is 0 Å². The first-order valence-electron chi connectivity index (χ1n) is 3.54. The van der Waals surface area contributed by atoms with Crippen LogP contribution in [0.4, 0.5) is 0 Å². The Bertz CT molecular complexity index is 340. The Morgan fingerprint density at radius 3 is 2.50 bits per heavy atom. The van der Waals surface area contributed by atoms with E-state index >= 15 is 0 Å². The molecule has 1 aliphatic heterocycles. The third-order valence-electron chi connectivity index (χ3n) is 1.55.